The third-order valence-corrected chi connectivity index (χ3v) is 5.10. The molecule has 5 nitrogen and oxygen atoms in total. The Morgan fingerprint density at radius 2 is 1.95 bits per heavy atom. The smallest absolute Gasteiger partial charge is 0.189 e. The molecule has 0 aliphatic rings. The number of aryl methyl sites for hydroxylation is 1. The molecule has 0 radical (unpaired) electrons. The molecular weight excluding hydrogens is 316 g/mol. The molecule has 2 heterocycles. The van der Waals surface area contributed by atoms with E-state index in [0.29, 0.717) is 5.82 Å². The summed E-state index contributed by atoms with van der Waals surface area (Å²) in [5.74, 6) is 0.666. The summed E-state index contributed by atoms with van der Waals surface area (Å²) in [6, 6.07) is 7.73. The quantitative estimate of drug-likeness (QED) is 0.742. The van der Waals surface area contributed by atoms with E-state index in [1.807, 2.05) is 31.2 Å². The molecule has 0 aliphatic carbocycles. The number of hydrogen-bond donors (Lipinski definition) is 1. The monoisotopic (exact) mass is 330 g/mol. The molecule has 22 heavy (non-hydrogen) atoms. The highest BCUT2D eigenvalue weighted by Gasteiger charge is 2.11. The molecule has 0 aliphatic heterocycles. The number of benzene rings is 1. The normalized spacial score (nSPS) is 12.1. The third kappa shape index (κ3) is 3.27. The Kier molecular flexibility index (Phi) is 4.37. The van der Waals surface area contributed by atoms with Gasteiger partial charge in [-0.15, -0.1) is 0 Å². The van der Waals surface area contributed by atoms with E-state index in [2.05, 4.69) is 20.3 Å². The van der Waals surface area contributed by atoms with Crippen molar-refractivity contribution in [2.24, 2.45) is 0 Å². The van der Waals surface area contributed by atoms with E-state index in [9.17, 15) is 4.55 Å². The summed E-state index contributed by atoms with van der Waals surface area (Å²) >= 11 is 0.596. The van der Waals surface area contributed by atoms with Gasteiger partial charge in [-0.1, -0.05) is 11.3 Å². The lowest BCUT2D eigenvalue weighted by molar-refractivity contribution is 0.601. The van der Waals surface area contributed by atoms with Crippen LogP contribution in [-0.2, 0) is 11.2 Å². The number of nitrogens with one attached hydrogen (secondary N) is 1. The molecule has 0 bridgehead atoms. The van der Waals surface area contributed by atoms with Gasteiger partial charge in [0, 0.05) is 12.4 Å². The van der Waals surface area contributed by atoms with Crippen LogP contribution in [0, 0.1) is 6.92 Å². The summed E-state index contributed by atoms with van der Waals surface area (Å²) in [5, 5.41) is 3.92. The van der Waals surface area contributed by atoms with Crippen molar-refractivity contribution in [2.75, 3.05) is 11.6 Å². The second kappa shape index (κ2) is 6.43. The first-order valence-corrected chi connectivity index (χ1v) is 8.95. The highest BCUT2D eigenvalue weighted by Crippen LogP contribution is 2.34. The number of anilines is 2. The van der Waals surface area contributed by atoms with Crippen molar-refractivity contribution in [3.8, 4) is 10.4 Å². The zero-order valence-corrected chi connectivity index (χ0v) is 13.7. The van der Waals surface area contributed by atoms with E-state index in [-0.39, 0.29) is 0 Å². The molecule has 0 fully saturated rings. The molecule has 0 saturated carbocycles. The second-order valence-electron chi connectivity index (χ2n) is 4.63. The molecule has 3 aromatic rings. The van der Waals surface area contributed by atoms with E-state index in [1.165, 1.54) is 0 Å². The number of rotatable bonds is 4. The van der Waals surface area contributed by atoms with Crippen LogP contribution in [0.15, 0.2) is 47.8 Å². The maximum absolute atomic E-state index is 11.4. The first kappa shape index (κ1) is 15.0. The minimum atomic E-state index is -0.960. The maximum Gasteiger partial charge on any atom is 0.189 e. The van der Waals surface area contributed by atoms with E-state index in [4.69, 9.17) is 0 Å². The van der Waals surface area contributed by atoms with Gasteiger partial charge in [-0.25, -0.2) is 9.97 Å². The van der Waals surface area contributed by atoms with Gasteiger partial charge >= 0.3 is 0 Å². The standard InChI is InChI=1S/C15H14N4OS2/c1-10-14(11-3-5-12(6-4-11)22(2)20)21-15(18-10)19-13-9-16-7-8-17-13/h3-9H,1-2H3,(H,17,18,19). The Hall–Kier alpha value is -1.96. The van der Waals surface area contributed by atoms with Crippen LogP contribution in [0.2, 0.25) is 0 Å². The van der Waals surface area contributed by atoms with Crippen LogP contribution in [0.1, 0.15) is 5.69 Å². The van der Waals surface area contributed by atoms with Gasteiger partial charge in [0.1, 0.15) is 6.26 Å². The minimum absolute atomic E-state index is 0.666. The Morgan fingerprint density at radius 3 is 2.59 bits per heavy atom. The summed E-state index contributed by atoms with van der Waals surface area (Å²) in [7, 11) is 0. The highest BCUT2D eigenvalue weighted by molar-refractivity contribution is 7.90. The zero-order valence-electron chi connectivity index (χ0n) is 12.1. The number of thiazole rings is 1. The predicted octanol–water partition coefficient (Wildman–Crippen LogP) is 3.39. The lowest BCUT2D eigenvalue weighted by Crippen LogP contribution is -1.96. The van der Waals surface area contributed by atoms with E-state index in [0.717, 1.165) is 26.2 Å². The van der Waals surface area contributed by atoms with Crippen molar-refractivity contribution in [2.45, 2.75) is 11.8 Å². The molecule has 1 atom stereocenters. The largest absolute Gasteiger partial charge is 0.612 e. The van der Waals surface area contributed by atoms with Gasteiger partial charge in [0.05, 0.1) is 16.8 Å². The lowest BCUT2D eigenvalue weighted by atomic mass is 10.2. The zero-order chi connectivity index (χ0) is 15.5. The summed E-state index contributed by atoms with van der Waals surface area (Å²) < 4.78 is 11.4. The van der Waals surface area contributed by atoms with Crippen LogP contribution in [0.5, 0.6) is 0 Å². The number of aromatic nitrogens is 3. The van der Waals surface area contributed by atoms with Gasteiger partial charge in [0.15, 0.2) is 15.8 Å². The van der Waals surface area contributed by atoms with Gasteiger partial charge in [-0.05, 0) is 47.9 Å². The van der Waals surface area contributed by atoms with Crippen molar-refractivity contribution < 1.29 is 4.55 Å². The van der Waals surface area contributed by atoms with Crippen molar-refractivity contribution >= 4 is 33.5 Å². The Labute approximate surface area is 135 Å². The molecule has 1 unspecified atom stereocenters. The molecule has 0 saturated heterocycles. The van der Waals surface area contributed by atoms with Crippen molar-refractivity contribution in [1.82, 2.24) is 15.0 Å². The van der Waals surface area contributed by atoms with E-state index >= 15 is 0 Å². The first-order chi connectivity index (χ1) is 10.6. The van der Waals surface area contributed by atoms with Gasteiger partial charge in [0.2, 0.25) is 0 Å². The molecule has 112 valence electrons. The van der Waals surface area contributed by atoms with Crippen LogP contribution >= 0.6 is 11.3 Å². The van der Waals surface area contributed by atoms with Gasteiger partial charge < -0.3 is 9.87 Å². The predicted molar refractivity (Wildman–Crippen MR) is 89.9 cm³/mol. The molecule has 1 aromatic carbocycles. The molecule has 0 amide bonds. The lowest BCUT2D eigenvalue weighted by Gasteiger charge is -2.04. The summed E-state index contributed by atoms with van der Waals surface area (Å²) in [6.07, 6.45) is 6.59. The fraction of sp³-hybridized carbons (Fsp3) is 0.133. The van der Waals surface area contributed by atoms with E-state index in [1.54, 1.807) is 36.2 Å². The van der Waals surface area contributed by atoms with Gasteiger partial charge in [0.25, 0.3) is 0 Å². The molecule has 2 aromatic heterocycles. The average molecular weight is 330 g/mol. The number of hydrogen-bond acceptors (Lipinski definition) is 6. The van der Waals surface area contributed by atoms with Crippen LogP contribution in [0.4, 0.5) is 10.9 Å². The summed E-state index contributed by atoms with van der Waals surface area (Å²) in [6.45, 7) is 1.97. The molecule has 7 heteroatoms. The van der Waals surface area contributed by atoms with E-state index < -0.39 is 11.2 Å². The topological polar surface area (TPSA) is 73.8 Å². The van der Waals surface area contributed by atoms with Crippen LogP contribution in [0.25, 0.3) is 10.4 Å². The fourth-order valence-electron chi connectivity index (χ4n) is 1.99. The molecular formula is C15H14N4OS2. The van der Waals surface area contributed by atoms with Gasteiger partial charge in [-0.2, -0.15) is 0 Å². The average Bonchev–Trinajstić information content (AvgIpc) is 2.89. The summed E-state index contributed by atoms with van der Waals surface area (Å²) in [4.78, 5) is 14.6. The molecule has 1 N–H and O–H groups in total. The van der Waals surface area contributed by atoms with Crippen molar-refractivity contribution in [3.05, 3.63) is 48.5 Å². The Bertz CT molecular complexity index is 757. The van der Waals surface area contributed by atoms with Gasteiger partial charge in [-0.3, -0.25) is 4.98 Å². The molecule has 0 spiro atoms. The third-order valence-electron chi connectivity index (χ3n) is 3.04. The van der Waals surface area contributed by atoms with Crippen LogP contribution < -0.4 is 5.32 Å². The number of nitrogens with zero attached hydrogens (tertiary/aromatic N) is 3. The molecule has 3 rings (SSSR count). The van der Waals surface area contributed by atoms with Crippen molar-refractivity contribution in [3.63, 3.8) is 0 Å². The first-order valence-electron chi connectivity index (χ1n) is 6.58. The Morgan fingerprint density at radius 1 is 1.18 bits per heavy atom. The van der Waals surface area contributed by atoms with Crippen LogP contribution in [0.3, 0.4) is 0 Å². The SMILES string of the molecule is Cc1nc(Nc2cnccn2)sc1-c1ccc([S+](C)[O-])cc1. The maximum atomic E-state index is 11.4. The Balaban J connectivity index is 1.86. The second-order valence-corrected chi connectivity index (χ2v) is 7.01. The highest BCUT2D eigenvalue weighted by atomic mass is 32.2. The summed E-state index contributed by atoms with van der Waals surface area (Å²) in [5.41, 5.74) is 2.01. The fourth-order valence-corrected chi connectivity index (χ4v) is 3.49. The minimum Gasteiger partial charge on any atom is -0.612 e. The van der Waals surface area contributed by atoms with Crippen LogP contribution in [-0.4, -0.2) is 25.8 Å². The van der Waals surface area contributed by atoms with Crippen molar-refractivity contribution in [1.29, 1.82) is 0 Å².